The lowest BCUT2D eigenvalue weighted by Gasteiger charge is -2.11. The second-order valence-electron chi connectivity index (χ2n) is 3.32. The summed E-state index contributed by atoms with van der Waals surface area (Å²) in [5.74, 6) is -0.217. The molecule has 0 saturated heterocycles. The van der Waals surface area contributed by atoms with E-state index in [-0.39, 0.29) is 0 Å². The average molecular weight is 215 g/mol. The van der Waals surface area contributed by atoms with E-state index in [0.29, 0.717) is 17.6 Å². The quantitative estimate of drug-likeness (QED) is 0.752. The number of hydrogen-bond acceptors (Lipinski definition) is 5. The minimum atomic E-state index is -0.538. The zero-order valence-corrected chi connectivity index (χ0v) is 9.21. The Kier molecular flexibility index (Phi) is 3.51. The van der Waals surface area contributed by atoms with Gasteiger partial charge in [0.15, 0.2) is 5.16 Å². The summed E-state index contributed by atoms with van der Waals surface area (Å²) in [6.45, 7) is 4.53. The van der Waals surface area contributed by atoms with Crippen molar-refractivity contribution in [1.82, 2.24) is 14.8 Å². The van der Waals surface area contributed by atoms with Gasteiger partial charge in [0.1, 0.15) is 0 Å². The Hall–Kier alpha value is -1.04. The molecule has 0 amide bonds. The van der Waals surface area contributed by atoms with E-state index in [1.165, 1.54) is 16.3 Å². The van der Waals surface area contributed by atoms with Crippen molar-refractivity contribution < 1.29 is 5.11 Å². The summed E-state index contributed by atoms with van der Waals surface area (Å²) in [4.78, 5) is 11.5. The van der Waals surface area contributed by atoms with Crippen LogP contribution in [-0.2, 0) is 6.54 Å². The maximum atomic E-state index is 11.5. The standard InChI is InChI=1S/C8H13N3O2S/c1-5(2)4-11-7(13)6(12)9-10-8(11)14-3/h5H,4H2,1-3H3,(H,9,12). The molecule has 1 aromatic rings. The predicted molar refractivity (Wildman–Crippen MR) is 54.6 cm³/mol. The first kappa shape index (κ1) is 11.0. The molecule has 1 N–H and O–H groups in total. The fourth-order valence-electron chi connectivity index (χ4n) is 1.07. The summed E-state index contributed by atoms with van der Waals surface area (Å²) in [6.07, 6.45) is 1.82. The molecule has 0 atom stereocenters. The van der Waals surface area contributed by atoms with Crippen molar-refractivity contribution in [3.05, 3.63) is 10.4 Å². The molecule has 0 aliphatic heterocycles. The fourth-order valence-corrected chi connectivity index (χ4v) is 1.57. The van der Waals surface area contributed by atoms with Crippen LogP contribution >= 0.6 is 11.8 Å². The molecule has 0 aromatic carbocycles. The molecule has 0 aliphatic rings. The highest BCUT2D eigenvalue weighted by molar-refractivity contribution is 7.98. The summed E-state index contributed by atoms with van der Waals surface area (Å²) in [7, 11) is 0. The lowest BCUT2D eigenvalue weighted by Crippen LogP contribution is -2.25. The van der Waals surface area contributed by atoms with Gasteiger partial charge in [0, 0.05) is 6.54 Å². The minimum Gasteiger partial charge on any atom is -0.488 e. The molecule has 0 fully saturated rings. The van der Waals surface area contributed by atoms with E-state index in [1.807, 2.05) is 20.1 Å². The average Bonchev–Trinajstić information content (AvgIpc) is 2.13. The second kappa shape index (κ2) is 4.45. The van der Waals surface area contributed by atoms with Gasteiger partial charge < -0.3 is 5.11 Å². The van der Waals surface area contributed by atoms with E-state index in [0.717, 1.165) is 0 Å². The lowest BCUT2D eigenvalue weighted by atomic mass is 10.2. The minimum absolute atomic E-state index is 0.321. The third kappa shape index (κ3) is 2.25. The number of nitrogens with zero attached hydrogens (tertiary/aromatic N) is 3. The zero-order valence-electron chi connectivity index (χ0n) is 8.39. The third-order valence-electron chi connectivity index (χ3n) is 1.63. The Morgan fingerprint density at radius 2 is 2.14 bits per heavy atom. The smallest absolute Gasteiger partial charge is 0.316 e. The van der Waals surface area contributed by atoms with Crippen LogP contribution in [0.5, 0.6) is 5.88 Å². The molecule has 1 aromatic heterocycles. The van der Waals surface area contributed by atoms with E-state index >= 15 is 0 Å². The monoisotopic (exact) mass is 215 g/mol. The van der Waals surface area contributed by atoms with Crippen LogP contribution < -0.4 is 5.56 Å². The SMILES string of the molecule is CSc1nnc(O)c(=O)n1CC(C)C. The Labute approximate surface area is 86.2 Å². The van der Waals surface area contributed by atoms with Crippen LogP contribution in [-0.4, -0.2) is 26.1 Å². The zero-order chi connectivity index (χ0) is 10.7. The molecule has 78 valence electrons. The first-order valence-electron chi connectivity index (χ1n) is 4.26. The van der Waals surface area contributed by atoms with E-state index < -0.39 is 11.4 Å². The molecule has 6 heteroatoms. The molecular formula is C8H13N3O2S. The summed E-state index contributed by atoms with van der Waals surface area (Å²) < 4.78 is 1.44. The Morgan fingerprint density at radius 1 is 1.50 bits per heavy atom. The number of rotatable bonds is 3. The molecule has 1 heterocycles. The Balaban J connectivity index is 3.21. The van der Waals surface area contributed by atoms with E-state index in [9.17, 15) is 4.79 Å². The van der Waals surface area contributed by atoms with E-state index in [2.05, 4.69) is 10.2 Å². The van der Waals surface area contributed by atoms with Gasteiger partial charge in [0.05, 0.1) is 0 Å². The van der Waals surface area contributed by atoms with E-state index in [1.54, 1.807) is 0 Å². The van der Waals surface area contributed by atoms with Crippen LogP contribution in [0, 0.1) is 5.92 Å². The Bertz CT molecular complexity index is 375. The van der Waals surface area contributed by atoms with Crippen LogP contribution in [0.3, 0.4) is 0 Å². The molecule has 0 spiro atoms. The highest BCUT2D eigenvalue weighted by Gasteiger charge is 2.11. The van der Waals surface area contributed by atoms with Crippen LogP contribution in [0.15, 0.2) is 9.95 Å². The van der Waals surface area contributed by atoms with Crippen LogP contribution in [0.25, 0.3) is 0 Å². The normalized spacial score (nSPS) is 10.9. The van der Waals surface area contributed by atoms with Gasteiger partial charge in [-0.3, -0.25) is 9.36 Å². The van der Waals surface area contributed by atoms with E-state index in [4.69, 9.17) is 5.11 Å². The van der Waals surface area contributed by atoms with Crippen LogP contribution in [0.2, 0.25) is 0 Å². The number of aromatic hydroxyl groups is 1. The van der Waals surface area contributed by atoms with Gasteiger partial charge in [-0.05, 0) is 12.2 Å². The van der Waals surface area contributed by atoms with Crippen LogP contribution in [0.4, 0.5) is 0 Å². The van der Waals surface area contributed by atoms with Gasteiger partial charge in [-0.25, -0.2) is 0 Å². The highest BCUT2D eigenvalue weighted by atomic mass is 32.2. The summed E-state index contributed by atoms with van der Waals surface area (Å²) in [5.41, 5.74) is -0.474. The Morgan fingerprint density at radius 3 is 2.64 bits per heavy atom. The first-order chi connectivity index (χ1) is 6.56. The van der Waals surface area contributed by atoms with Crippen molar-refractivity contribution in [3.63, 3.8) is 0 Å². The van der Waals surface area contributed by atoms with Crippen molar-refractivity contribution in [2.45, 2.75) is 25.5 Å². The molecule has 1 rings (SSSR count). The fraction of sp³-hybridized carbons (Fsp3) is 0.625. The maximum Gasteiger partial charge on any atom is 0.316 e. The molecule has 0 radical (unpaired) electrons. The van der Waals surface area contributed by atoms with Crippen LogP contribution in [0.1, 0.15) is 13.8 Å². The highest BCUT2D eigenvalue weighted by Crippen LogP contribution is 2.11. The molecule has 0 bridgehead atoms. The summed E-state index contributed by atoms with van der Waals surface area (Å²) in [6, 6.07) is 0. The van der Waals surface area contributed by atoms with Gasteiger partial charge in [-0.2, -0.15) is 0 Å². The predicted octanol–water partition coefficient (Wildman–Crippen LogP) is 0.722. The van der Waals surface area contributed by atoms with Gasteiger partial charge >= 0.3 is 5.56 Å². The summed E-state index contributed by atoms with van der Waals surface area (Å²) >= 11 is 1.34. The third-order valence-corrected chi connectivity index (χ3v) is 2.30. The summed E-state index contributed by atoms with van der Waals surface area (Å²) in [5, 5.41) is 16.8. The number of hydrogen-bond donors (Lipinski definition) is 1. The van der Waals surface area contributed by atoms with Gasteiger partial charge in [-0.15, -0.1) is 10.2 Å². The maximum absolute atomic E-state index is 11.5. The number of thioether (sulfide) groups is 1. The molecule has 5 nitrogen and oxygen atoms in total. The van der Waals surface area contributed by atoms with Crippen molar-refractivity contribution in [3.8, 4) is 5.88 Å². The van der Waals surface area contributed by atoms with Crippen molar-refractivity contribution >= 4 is 11.8 Å². The molecular weight excluding hydrogens is 202 g/mol. The molecule has 0 saturated carbocycles. The topological polar surface area (TPSA) is 68.0 Å². The largest absolute Gasteiger partial charge is 0.488 e. The van der Waals surface area contributed by atoms with Crippen molar-refractivity contribution in [2.75, 3.05) is 6.26 Å². The second-order valence-corrected chi connectivity index (χ2v) is 4.09. The van der Waals surface area contributed by atoms with Crippen molar-refractivity contribution in [1.29, 1.82) is 0 Å². The molecule has 0 aliphatic carbocycles. The number of aromatic nitrogens is 3. The lowest BCUT2D eigenvalue weighted by molar-refractivity contribution is 0.390. The van der Waals surface area contributed by atoms with Gasteiger partial charge in [-0.1, -0.05) is 25.6 Å². The van der Waals surface area contributed by atoms with Crippen molar-refractivity contribution in [2.24, 2.45) is 5.92 Å². The van der Waals surface area contributed by atoms with Gasteiger partial charge in [0.2, 0.25) is 0 Å². The molecule has 0 unspecified atom stereocenters. The first-order valence-corrected chi connectivity index (χ1v) is 5.49. The molecule has 14 heavy (non-hydrogen) atoms. The van der Waals surface area contributed by atoms with Gasteiger partial charge in [0.25, 0.3) is 5.88 Å².